The van der Waals surface area contributed by atoms with Crippen molar-refractivity contribution in [1.29, 1.82) is 0 Å². The van der Waals surface area contributed by atoms with Crippen molar-refractivity contribution in [3.63, 3.8) is 0 Å². The topological polar surface area (TPSA) is 55.4 Å². The zero-order chi connectivity index (χ0) is 26.3. The minimum Gasteiger partial charge on any atom is -0.465 e. The molecule has 4 rings (SSSR count). The highest BCUT2D eigenvalue weighted by atomic mass is 31.2. The average Bonchev–Trinajstić information content (AvgIpc) is 2.93. The van der Waals surface area contributed by atoms with Crippen molar-refractivity contribution in [3.8, 4) is 0 Å². The average molecular weight is 510 g/mol. The van der Waals surface area contributed by atoms with Gasteiger partial charge >= 0.3 is 5.97 Å². The van der Waals surface area contributed by atoms with Crippen LogP contribution >= 0.6 is 7.29 Å². The van der Waals surface area contributed by atoms with E-state index < -0.39 is 18.8 Å². The molecule has 0 aliphatic carbocycles. The number of benzene rings is 4. The van der Waals surface area contributed by atoms with Crippen molar-refractivity contribution in [2.24, 2.45) is 0 Å². The summed E-state index contributed by atoms with van der Waals surface area (Å²) >= 11 is 0. The number of carbonyl (C=O) groups is 1. The Morgan fingerprint density at radius 2 is 1.35 bits per heavy atom. The molecular formula is C32H32NO3P. The number of nitrogens with one attached hydrogen (secondary N) is 1. The SMILES string of the molecule is CCOC(=O)C(C)(C)NP(=O)(c1ccccc1)c1ccccc1/C(=C/c1ccccc1)c1ccccc1. The molecule has 0 fully saturated rings. The van der Waals surface area contributed by atoms with Gasteiger partial charge in [0.1, 0.15) is 5.54 Å². The predicted octanol–water partition coefficient (Wildman–Crippen LogP) is 6.44. The van der Waals surface area contributed by atoms with E-state index in [1.54, 1.807) is 20.8 Å². The molecule has 0 amide bonds. The van der Waals surface area contributed by atoms with E-state index in [1.807, 2.05) is 103 Å². The van der Waals surface area contributed by atoms with E-state index in [9.17, 15) is 4.79 Å². The van der Waals surface area contributed by atoms with Gasteiger partial charge in [-0.05, 0) is 67.3 Å². The lowest BCUT2D eigenvalue weighted by Gasteiger charge is -2.32. The summed E-state index contributed by atoms with van der Waals surface area (Å²) in [6.45, 7) is 5.43. The number of hydrogen-bond donors (Lipinski definition) is 1. The van der Waals surface area contributed by atoms with Crippen LogP contribution in [-0.4, -0.2) is 18.1 Å². The monoisotopic (exact) mass is 509 g/mol. The Hall–Kier alpha value is -3.72. The fraction of sp³-hybridized carbons (Fsp3) is 0.156. The largest absolute Gasteiger partial charge is 0.465 e. The molecular weight excluding hydrogens is 477 g/mol. The van der Waals surface area contributed by atoms with Crippen molar-refractivity contribution in [2.75, 3.05) is 6.61 Å². The summed E-state index contributed by atoms with van der Waals surface area (Å²) in [7, 11) is -3.53. The molecule has 0 saturated heterocycles. The lowest BCUT2D eigenvalue weighted by Crippen LogP contribution is -2.49. The van der Waals surface area contributed by atoms with Crippen LogP contribution in [0.25, 0.3) is 11.6 Å². The van der Waals surface area contributed by atoms with Gasteiger partial charge in [0, 0.05) is 10.6 Å². The quantitative estimate of drug-likeness (QED) is 0.160. The molecule has 0 aromatic heterocycles. The van der Waals surface area contributed by atoms with Gasteiger partial charge in [0.25, 0.3) is 0 Å². The maximum atomic E-state index is 15.2. The van der Waals surface area contributed by atoms with Crippen LogP contribution in [0.3, 0.4) is 0 Å². The highest BCUT2D eigenvalue weighted by molar-refractivity contribution is 7.77. The number of ether oxygens (including phenoxy) is 1. The van der Waals surface area contributed by atoms with Crippen LogP contribution in [0.2, 0.25) is 0 Å². The third-order valence-electron chi connectivity index (χ3n) is 6.07. The lowest BCUT2D eigenvalue weighted by molar-refractivity contribution is -0.148. The minimum atomic E-state index is -3.53. The molecule has 1 N–H and O–H groups in total. The van der Waals surface area contributed by atoms with Crippen molar-refractivity contribution < 1.29 is 14.1 Å². The number of esters is 1. The van der Waals surface area contributed by atoms with E-state index in [4.69, 9.17) is 4.74 Å². The summed E-state index contributed by atoms with van der Waals surface area (Å²) in [4.78, 5) is 12.9. The van der Waals surface area contributed by atoms with Gasteiger partial charge in [0.2, 0.25) is 7.29 Å². The first-order valence-corrected chi connectivity index (χ1v) is 14.1. The predicted molar refractivity (Wildman–Crippen MR) is 153 cm³/mol. The van der Waals surface area contributed by atoms with Crippen LogP contribution in [0.1, 0.15) is 37.5 Å². The highest BCUT2D eigenvalue weighted by Crippen LogP contribution is 2.44. The van der Waals surface area contributed by atoms with Crippen LogP contribution in [0.4, 0.5) is 0 Å². The number of hydrogen-bond acceptors (Lipinski definition) is 3. The molecule has 0 bridgehead atoms. The van der Waals surface area contributed by atoms with Gasteiger partial charge in [-0.3, -0.25) is 9.36 Å². The second-order valence-electron chi connectivity index (χ2n) is 9.25. The minimum absolute atomic E-state index is 0.244. The summed E-state index contributed by atoms with van der Waals surface area (Å²) in [6.07, 6.45) is 2.11. The molecule has 0 heterocycles. The van der Waals surface area contributed by atoms with E-state index in [1.165, 1.54) is 0 Å². The molecule has 4 aromatic rings. The summed E-state index contributed by atoms with van der Waals surface area (Å²) in [5.41, 5.74) is 2.62. The molecule has 1 unspecified atom stereocenters. The Balaban J connectivity index is 1.96. The normalized spacial score (nSPS) is 13.5. The van der Waals surface area contributed by atoms with Crippen LogP contribution in [-0.2, 0) is 14.1 Å². The summed E-state index contributed by atoms with van der Waals surface area (Å²) in [6, 6.07) is 37.2. The summed E-state index contributed by atoms with van der Waals surface area (Å²) in [5, 5.41) is 4.50. The van der Waals surface area contributed by atoms with Gasteiger partial charge < -0.3 is 4.74 Å². The van der Waals surface area contributed by atoms with Crippen molar-refractivity contribution in [2.45, 2.75) is 26.3 Å². The Kier molecular flexibility index (Phi) is 8.23. The third kappa shape index (κ3) is 5.99. The standard InChI is InChI=1S/C32H32NO3P/c1-4-36-31(34)32(2,3)33-37(35,27-20-12-7-13-21-27)30-23-15-14-22-28(30)29(26-18-10-6-11-19-26)24-25-16-8-5-9-17-25/h5-24H,4H2,1-3H3,(H,33,35)/b29-24+. The van der Waals surface area contributed by atoms with Crippen LogP contribution in [0.15, 0.2) is 115 Å². The van der Waals surface area contributed by atoms with E-state index >= 15 is 4.57 Å². The second kappa shape index (κ2) is 11.6. The van der Waals surface area contributed by atoms with Gasteiger partial charge in [0.15, 0.2) is 0 Å². The molecule has 0 radical (unpaired) electrons. The Morgan fingerprint density at radius 3 is 1.97 bits per heavy atom. The fourth-order valence-corrected chi connectivity index (χ4v) is 7.11. The second-order valence-corrected chi connectivity index (χ2v) is 11.7. The molecule has 4 aromatic carbocycles. The lowest BCUT2D eigenvalue weighted by atomic mass is 9.95. The van der Waals surface area contributed by atoms with Gasteiger partial charge in [-0.2, -0.15) is 0 Å². The van der Waals surface area contributed by atoms with E-state index in [-0.39, 0.29) is 6.61 Å². The molecule has 37 heavy (non-hydrogen) atoms. The van der Waals surface area contributed by atoms with Crippen molar-refractivity contribution in [1.82, 2.24) is 5.09 Å². The van der Waals surface area contributed by atoms with Crippen molar-refractivity contribution >= 4 is 35.5 Å². The number of carbonyl (C=O) groups excluding carboxylic acids is 1. The van der Waals surface area contributed by atoms with E-state index in [2.05, 4.69) is 23.3 Å². The first-order valence-electron chi connectivity index (χ1n) is 12.4. The van der Waals surface area contributed by atoms with E-state index in [0.717, 1.165) is 22.3 Å². The molecule has 4 nitrogen and oxygen atoms in total. The molecule has 5 heteroatoms. The Morgan fingerprint density at radius 1 is 0.811 bits per heavy atom. The van der Waals surface area contributed by atoms with Crippen LogP contribution < -0.4 is 15.7 Å². The molecule has 0 spiro atoms. The zero-order valence-corrected chi connectivity index (χ0v) is 22.3. The Labute approximate surface area is 219 Å². The summed E-state index contributed by atoms with van der Waals surface area (Å²) < 4.78 is 20.5. The first kappa shape index (κ1) is 26.3. The highest BCUT2D eigenvalue weighted by Gasteiger charge is 2.40. The van der Waals surface area contributed by atoms with E-state index in [0.29, 0.717) is 10.6 Å². The smallest absolute Gasteiger partial charge is 0.326 e. The van der Waals surface area contributed by atoms with Crippen molar-refractivity contribution in [3.05, 3.63) is 132 Å². The van der Waals surface area contributed by atoms with Gasteiger partial charge in [-0.25, -0.2) is 5.09 Å². The third-order valence-corrected chi connectivity index (χ3v) is 9.04. The van der Waals surface area contributed by atoms with Crippen LogP contribution in [0.5, 0.6) is 0 Å². The molecule has 188 valence electrons. The van der Waals surface area contributed by atoms with Gasteiger partial charge in [-0.15, -0.1) is 0 Å². The first-order chi connectivity index (χ1) is 17.8. The molecule has 0 saturated carbocycles. The number of rotatable bonds is 9. The van der Waals surface area contributed by atoms with Gasteiger partial charge in [-0.1, -0.05) is 97.1 Å². The maximum absolute atomic E-state index is 15.2. The van der Waals surface area contributed by atoms with Crippen LogP contribution in [0, 0.1) is 0 Å². The van der Waals surface area contributed by atoms with Gasteiger partial charge in [0.05, 0.1) is 6.61 Å². The fourth-order valence-electron chi connectivity index (χ4n) is 4.28. The zero-order valence-electron chi connectivity index (χ0n) is 21.4. The molecule has 1 atom stereocenters. The Bertz CT molecular complexity index is 1410. The summed E-state index contributed by atoms with van der Waals surface area (Å²) in [5.74, 6) is -0.452. The molecule has 0 aliphatic rings. The maximum Gasteiger partial charge on any atom is 0.326 e. The molecule has 0 aliphatic heterocycles.